The minimum Gasteiger partial charge on any atom is -0.493 e. The summed E-state index contributed by atoms with van der Waals surface area (Å²) >= 11 is 0. The second-order valence-corrected chi connectivity index (χ2v) is 4.70. The third-order valence-corrected chi connectivity index (χ3v) is 2.73. The lowest BCUT2D eigenvalue weighted by Crippen LogP contribution is -2.21. The Balaban J connectivity index is 2.65. The maximum Gasteiger partial charge on any atom is 0.308 e. The summed E-state index contributed by atoms with van der Waals surface area (Å²) in [5.74, 6) is 1.00. The van der Waals surface area contributed by atoms with Gasteiger partial charge in [0.1, 0.15) is 0 Å². The minimum absolute atomic E-state index is 0.216. The monoisotopic (exact) mass is 281 g/mol. The molecule has 0 bridgehead atoms. The summed E-state index contributed by atoms with van der Waals surface area (Å²) in [6.45, 7) is 5.22. The van der Waals surface area contributed by atoms with Gasteiger partial charge in [-0.2, -0.15) is 0 Å². The summed E-state index contributed by atoms with van der Waals surface area (Å²) in [6.07, 6.45) is 0.216. The number of esters is 1. The molecule has 0 amide bonds. The average Bonchev–Trinajstić information content (AvgIpc) is 2.45. The van der Waals surface area contributed by atoms with Crippen molar-refractivity contribution >= 4 is 5.97 Å². The van der Waals surface area contributed by atoms with Crippen LogP contribution in [0.3, 0.4) is 0 Å². The quantitative estimate of drug-likeness (QED) is 0.740. The zero-order chi connectivity index (χ0) is 15.0. The fourth-order valence-corrected chi connectivity index (χ4v) is 1.61. The highest BCUT2D eigenvalue weighted by molar-refractivity contribution is 5.69. The number of nitrogens with one attached hydrogen (secondary N) is 1. The lowest BCUT2D eigenvalue weighted by Gasteiger charge is -2.13. The van der Waals surface area contributed by atoms with Crippen molar-refractivity contribution in [1.29, 1.82) is 0 Å². The maximum atomic E-state index is 11.1. The molecule has 0 radical (unpaired) electrons. The molecule has 0 aromatic heterocycles. The zero-order valence-corrected chi connectivity index (χ0v) is 12.6. The molecule has 1 aromatic rings. The molecule has 0 unspecified atom stereocenters. The molecular weight excluding hydrogens is 258 g/mol. The highest BCUT2D eigenvalue weighted by atomic mass is 16.5. The van der Waals surface area contributed by atoms with Crippen molar-refractivity contribution in [3.05, 3.63) is 23.8 Å². The predicted octanol–water partition coefficient (Wildman–Crippen LogP) is 2.14. The highest BCUT2D eigenvalue weighted by Crippen LogP contribution is 2.28. The Hall–Kier alpha value is -1.75. The van der Waals surface area contributed by atoms with Crippen LogP contribution in [-0.4, -0.2) is 32.8 Å². The van der Waals surface area contributed by atoms with Gasteiger partial charge in [0.25, 0.3) is 0 Å². The van der Waals surface area contributed by atoms with Gasteiger partial charge >= 0.3 is 5.97 Å². The topological polar surface area (TPSA) is 56.8 Å². The summed E-state index contributed by atoms with van der Waals surface area (Å²) in [6, 6.07) is 6.19. The molecule has 0 spiro atoms. The molecule has 0 aliphatic heterocycles. The minimum atomic E-state index is -0.290. The van der Waals surface area contributed by atoms with E-state index >= 15 is 0 Å². The lowest BCUT2D eigenvalue weighted by molar-refractivity contribution is -0.141. The van der Waals surface area contributed by atoms with Gasteiger partial charge in [0, 0.05) is 12.6 Å². The Labute approximate surface area is 120 Å². The van der Waals surface area contributed by atoms with Crippen LogP contribution >= 0.6 is 0 Å². The molecule has 1 N–H and O–H groups in total. The predicted molar refractivity (Wildman–Crippen MR) is 77.1 cm³/mol. The third-order valence-electron chi connectivity index (χ3n) is 2.73. The number of hydrogen-bond donors (Lipinski definition) is 1. The molecule has 0 fully saturated rings. The van der Waals surface area contributed by atoms with E-state index in [1.807, 2.05) is 18.2 Å². The van der Waals surface area contributed by atoms with Crippen LogP contribution in [0.1, 0.15) is 25.8 Å². The molecule has 0 saturated heterocycles. The van der Waals surface area contributed by atoms with Crippen LogP contribution in [0.2, 0.25) is 0 Å². The van der Waals surface area contributed by atoms with Crippen molar-refractivity contribution < 1.29 is 19.0 Å². The van der Waals surface area contributed by atoms with E-state index in [4.69, 9.17) is 9.47 Å². The molecule has 0 aliphatic carbocycles. The Morgan fingerprint density at radius 3 is 2.60 bits per heavy atom. The normalized spacial score (nSPS) is 10.4. The van der Waals surface area contributed by atoms with Crippen molar-refractivity contribution in [3.63, 3.8) is 0 Å². The van der Waals surface area contributed by atoms with Crippen LogP contribution in [0, 0.1) is 0 Å². The smallest absolute Gasteiger partial charge is 0.308 e. The molecule has 1 aromatic carbocycles. The first-order valence-corrected chi connectivity index (χ1v) is 6.66. The largest absolute Gasteiger partial charge is 0.493 e. The van der Waals surface area contributed by atoms with E-state index in [0.29, 0.717) is 17.5 Å². The molecule has 5 nitrogen and oxygen atoms in total. The SMILES string of the molecule is COC(=O)CCOc1cc(CNC(C)C)ccc1OC. The summed E-state index contributed by atoms with van der Waals surface area (Å²) in [5.41, 5.74) is 1.10. The van der Waals surface area contributed by atoms with Crippen LogP contribution in [0.4, 0.5) is 0 Å². The van der Waals surface area contributed by atoms with Crippen molar-refractivity contribution in [3.8, 4) is 11.5 Å². The molecule has 0 atom stereocenters. The maximum absolute atomic E-state index is 11.1. The zero-order valence-electron chi connectivity index (χ0n) is 12.6. The molecule has 0 aliphatic rings. The first-order chi connectivity index (χ1) is 9.56. The van der Waals surface area contributed by atoms with Gasteiger partial charge in [-0.1, -0.05) is 19.9 Å². The van der Waals surface area contributed by atoms with Gasteiger partial charge < -0.3 is 19.5 Å². The van der Waals surface area contributed by atoms with E-state index in [-0.39, 0.29) is 19.0 Å². The van der Waals surface area contributed by atoms with Gasteiger partial charge in [0.15, 0.2) is 11.5 Å². The fourth-order valence-electron chi connectivity index (χ4n) is 1.61. The number of ether oxygens (including phenoxy) is 3. The molecule has 0 saturated carbocycles. The number of benzene rings is 1. The number of carbonyl (C=O) groups is 1. The second-order valence-electron chi connectivity index (χ2n) is 4.70. The van der Waals surface area contributed by atoms with Gasteiger partial charge in [0.05, 0.1) is 27.2 Å². The number of methoxy groups -OCH3 is 2. The van der Waals surface area contributed by atoms with E-state index in [1.165, 1.54) is 7.11 Å². The van der Waals surface area contributed by atoms with Crippen molar-refractivity contribution in [2.75, 3.05) is 20.8 Å². The Bertz CT molecular complexity index is 432. The summed E-state index contributed by atoms with van der Waals surface area (Å²) < 4.78 is 15.4. The van der Waals surface area contributed by atoms with Crippen LogP contribution in [0.15, 0.2) is 18.2 Å². The first kappa shape index (κ1) is 16.3. The number of rotatable bonds is 8. The fraction of sp³-hybridized carbons (Fsp3) is 0.533. The van der Waals surface area contributed by atoms with E-state index < -0.39 is 0 Å². The van der Waals surface area contributed by atoms with E-state index in [9.17, 15) is 4.79 Å². The van der Waals surface area contributed by atoms with E-state index in [2.05, 4.69) is 23.9 Å². The molecule has 0 heterocycles. The van der Waals surface area contributed by atoms with E-state index in [1.54, 1.807) is 7.11 Å². The lowest BCUT2D eigenvalue weighted by atomic mass is 10.2. The van der Waals surface area contributed by atoms with Gasteiger partial charge in [-0.05, 0) is 17.7 Å². The van der Waals surface area contributed by atoms with Crippen LogP contribution in [-0.2, 0) is 16.1 Å². The number of carbonyl (C=O) groups excluding carboxylic acids is 1. The molecule has 1 rings (SSSR count). The standard InChI is InChI=1S/C15H23NO4/c1-11(2)16-10-12-5-6-13(18-3)14(9-12)20-8-7-15(17)19-4/h5-6,9,11,16H,7-8,10H2,1-4H3. The molecular formula is C15H23NO4. The van der Waals surface area contributed by atoms with Gasteiger partial charge in [-0.3, -0.25) is 4.79 Å². The summed E-state index contributed by atoms with van der Waals surface area (Å²) in [5, 5.41) is 3.34. The number of hydrogen-bond acceptors (Lipinski definition) is 5. The van der Waals surface area contributed by atoms with Crippen molar-refractivity contribution in [1.82, 2.24) is 5.32 Å². The van der Waals surface area contributed by atoms with Gasteiger partial charge in [-0.25, -0.2) is 0 Å². The summed E-state index contributed by atoms with van der Waals surface area (Å²) in [7, 11) is 2.95. The average molecular weight is 281 g/mol. The van der Waals surface area contributed by atoms with Crippen LogP contribution < -0.4 is 14.8 Å². The van der Waals surface area contributed by atoms with Gasteiger partial charge in [0.2, 0.25) is 0 Å². The molecule has 20 heavy (non-hydrogen) atoms. The second kappa shape index (κ2) is 8.43. The summed E-state index contributed by atoms with van der Waals surface area (Å²) in [4.78, 5) is 11.1. The first-order valence-electron chi connectivity index (χ1n) is 6.66. The highest BCUT2D eigenvalue weighted by Gasteiger charge is 2.08. The molecule has 112 valence electrons. The van der Waals surface area contributed by atoms with Crippen LogP contribution in [0.5, 0.6) is 11.5 Å². The Kier molecular flexibility index (Phi) is 6.87. The Morgan fingerprint density at radius 2 is 2.00 bits per heavy atom. The Morgan fingerprint density at radius 1 is 1.25 bits per heavy atom. The van der Waals surface area contributed by atoms with Gasteiger partial charge in [-0.15, -0.1) is 0 Å². The van der Waals surface area contributed by atoms with Crippen molar-refractivity contribution in [2.45, 2.75) is 32.9 Å². The molecule has 5 heteroatoms. The van der Waals surface area contributed by atoms with E-state index in [0.717, 1.165) is 12.1 Å². The van der Waals surface area contributed by atoms with Crippen LogP contribution in [0.25, 0.3) is 0 Å². The van der Waals surface area contributed by atoms with Crippen molar-refractivity contribution in [2.24, 2.45) is 0 Å². The third kappa shape index (κ3) is 5.48.